The van der Waals surface area contributed by atoms with E-state index in [0.717, 1.165) is 10.6 Å². The summed E-state index contributed by atoms with van der Waals surface area (Å²) in [5.74, 6) is -0.351. The molecule has 0 heterocycles. The number of hydrogen-bond acceptors (Lipinski definition) is 5. The molecule has 16 heavy (non-hydrogen) atoms. The van der Waals surface area contributed by atoms with Crippen molar-refractivity contribution < 1.29 is 0 Å². The quantitative estimate of drug-likeness (QED) is 0.318. The highest BCUT2D eigenvalue weighted by Crippen LogP contribution is 2.18. The van der Waals surface area contributed by atoms with Crippen molar-refractivity contribution in [1.29, 1.82) is 10.7 Å². The molecule has 0 spiro atoms. The minimum absolute atomic E-state index is 0.130. The second kappa shape index (κ2) is 5.78. The summed E-state index contributed by atoms with van der Waals surface area (Å²) in [5, 5.41) is 19.4. The second-order valence-electron chi connectivity index (χ2n) is 2.83. The van der Waals surface area contributed by atoms with Gasteiger partial charge in [0.1, 0.15) is 6.07 Å². The molecule has 1 aromatic carbocycles. The van der Waals surface area contributed by atoms with Gasteiger partial charge in [0, 0.05) is 4.90 Å². The molecule has 0 saturated carbocycles. The van der Waals surface area contributed by atoms with Gasteiger partial charge in [-0.3, -0.25) is 10.8 Å². The number of nitrogens with two attached hydrogens (primary N) is 1. The Bertz CT molecular complexity index is 461. The maximum Gasteiger partial charge on any atom is 0.201 e. The molecule has 0 aromatic heterocycles. The standard InChI is InChI=1S/C10H11N5S/c1-16-8-4-2-3-7(5-8)14-15-9(6-11)10(12)13/h2-5,14H,1H3,(H3,12,13)/b15-9+. The number of hydrogen-bond donors (Lipinski definition) is 3. The van der Waals surface area contributed by atoms with Gasteiger partial charge in [-0.15, -0.1) is 11.8 Å². The Morgan fingerprint density at radius 1 is 1.62 bits per heavy atom. The summed E-state index contributed by atoms with van der Waals surface area (Å²) in [5.41, 5.74) is 8.46. The number of rotatable bonds is 4. The number of nitriles is 1. The lowest BCUT2D eigenvalue weighted by Gasteiger charge is -2.02. The van der Waals surface area contributed by atoms with Crippen molar-refractivity contribution in [3.8, 4) is 6.07 Å². The smallest absolute Gasteiger partial charge is 0.201 e. The second-order valence-corrected chi connectivity index (χ2v) is 3.71. The molecule has 6 heteroatoms. The molecular formula is C10H11N5S. The van der Waals surface area contributed by atoms with Crippen molar-refractivity contribution in [3.05, 3.63) is 24.3 Å². The first-order chi connectivity index (χ1) is 7.67. The third-order valence-corrected chi connectivity index (χ3v) is 2.45. The van der Waals surface area contributed by atoms with E-state index in [1.165, 1.54) is 0 Å². The lowest BCUT2D eigenvalue weighted by molar-refractivity contribution is 1.31. The van der Waals surface area contributed by atoms with Gasteiger partial charge in [0.2, 0.25) is 5.71 Å². The number of amidine groups is 1. The Kier molecular flexibility index (Phi) is 4.36. The highest BCUT2D eigenvalue weighted by molar-refractivity contribution is 7.98. The summed E-state index contributed by atoms with van der Waals surface area (Å²) < 4.78 is 0. The van der Waals surface area contributed by atoms with Crippen molar-refractivity contribution in [1.82, 2.24) is 0 Å². The largest absolute Gasteiger partial charge is 0.382 e. The highest BCUT2D eigenvalue weighted by atomic mass is 32.2. The maximum absolute atomic E-state index is 8.63. The summed E-state index contributed by atoms with van der Waals surface area (Å²) in [6.07, 6.45) is 1.97. The monoisotopic (exact) mass is 233 g/mol. The van der Waals surface area contributed by atoms with Crippen LogP contribution in [0.15, 0.2) is 34.3 Å². The van der Waals surface area contributed by atoms with Crippen LogP contribution in [0.4, 0.5) is 5.69 Å². The van der Waals surface area contributed by atoms with Crippen LogP contribution in [0.25, 0.3) is 0 Å². The van der Waals surface area contributed by atoms with Gasteiger partial charge in [-0.25, -0.2) is 0 Å². The van der Waals surface area contributed by atoms with E-state index >= 15 is 0 Å². The number of nitrogens with zero attached hydrogens (tertiary/aromatic N) is 2. The van der Waals surface area contributed by atoms with E-state index in [4.69, 9.17) is 16.4 Å². The summed E-state index contributed by atoms with van der Waals surface area (Å²) in [6, 6.07) is 9.29. The summed E-state index contributed by atoms with van der Waals surface area (Å²) in [4.78, 5) is 1.08. The normalized spacial score (nSPS) is 10.6. The Morgan fingerprint density at radius 3 is 2.94 bits per heavy atom. The Hall–Kier alpha value is -2.00. The molecule has 0 fully saturated rings. The zero-order chi connectivity index (χ0) is 12.0. The molecule has 0 bridgehead atoms. The molecule has 82 valence electrons. The average molecular weight is 233 g/mol. The molecule has 0 unspecified atom stereocenters. The zero-order valence-corrected chi connectivity index (χ0v) is 9.51. The first kappa shape index (κ1) is 12.1. The van der Waals surface area contributed by atoms with Crippen LogP contribution in [0.3, 0.4) is 0 Å². The predicted octanol–water partition coefficient (Wildman–Crippen LogP) is 1.64. The molecule has 5 nitrogen and oxygen atoms in total. The van der Waals surface area contributed by atoms with Gasteiger partial charge in [0.25, 0.3) is 0 Å². The third kappa shape index (κ3) is 3.29. The zero-order valence-electron chi connectivity index (χ0n) is 8.69. The third-order valence-electron chi connectivity index (χ3n) is 1.73. The van der Waals surface area contributed by atoms with Crippen LogP contribution in [0.1, 0.15) is 0 Å². The first-order valence-corrected chi connectivity index (χ1v) is 5.62. The molecule has 0 atom stereocenters. The highest BCUT2D eigenvalue weighted by Gasteiger charge is 2.00. The maximum atomic E-state index is 8.63. The van der Waals surface area contributed by atoms with Crippen molar-refractivity contribution in [2.24, 2.45) is 10.8 Å². The average Bonchev–Trinajstić information content (AvgIpc) is 2.29. The Labute approximate surface area is 97.8 Å². The number of hydrazone groups is 1. The number of benzene rings is 1. The van der Waals surface area contributed by atoms with Crippen molar-refractivity contribution in [2.75, 3.05) is 11.7 Å². The molecule has 0 aliphatic carbocycles. The topological polar surface area (TPSA) is 98.0 Å². The minimum atomic E-state index is -0.351. The summed E-state index contributed by atoms with van der Waals surface area (Å²) in [6.45, 7) is 0. The lowest BCUT2D eigenvalue weighted by Crippen LogP contribution is -2.21. The molecule has 4 N–H and O–H groups in total. The van der Waals surface area contributed by atoms with Gasteiger partial charge in [-0.05, 0) is 24.5 Å². The SMILES string of the molecule is CSc1cccc(N/N=C(\C#N)C(=N)N)c1. The van der Waals surface area contributed by atoms with Crippen LogP contribution < -0.4 is 11.2 Å². The number of thioether (sulfide) groups is 1. The van der Waals surface area contributed by atoms with E-state index in [1.54, 1.807) is 17.8 Å². The van der Waals surface area contributed by atoms with E-state index in [2.05, 4.69) is 10.5 Å². The van der Waals surface area contributed by atoms with E-state index < -0.39 is 0 Å². The molecule has 0 saturated heterocycles. The number of nitrogens with one attached hydrogen (secondary N) is 2. The van der Waals surface area contributed by atoms with Crippen LogP contribution in [-0.4, -0.2) is 17.8 Å². The summed E-state index contributed by atoms with van der Waals surface area (Å²) in [7, 11) is 0. The fourth-order valence-electron chi connectivity index (χ4n) is 0.959. The van der Waals surface area contributed by atoms with Gasteiger partial charge in [0.15, 0.2) is 5.84 Å². The van der Waals surface area contributed by atoms with Gasteiger partial charge < -0.3 is 5.73 Å². The van der Waals surface area contributed by atoms with E-state index in [9.17, 15) is 0 Å². The van der Waals surface area contributed by atoms with Gasteiger partial charge in [-0.1, -0.05) is 6.07 Å². The fourth-order valence-corrected chi connectivity index (χ4v) is 1.42. The Morgan fingerprint density at radius 2 is 2.38 bits per heavy atom. The van der Waals surface area contributed by atoms with Crippen LogP contribution in [-0.2, 0) is 0 Å². The van der Waals surface area contributed by atoms with E-state index in [-0.39, 0.29) is 11.5 Å². The molecule has 0 aliphatic rings. The first-order valence-electron chi connectivity index (χ1n) is 4.39. The molecular weight excluding hydrogens is 222 g/mol. The molecule has 0 aliphatic heterocycles. The van der Waals surface area contributed by atoms with E-state index in [1.807, 2.05) is 30.5 Å². The molecule has 1 rings (SSSR count). The van der Waals surface area contributed by atoms with Crippen LogP contribution in [0, 0.1) is 16.7 Å². The predicted molar refractivity (Wildman–Crippen MR) is 66.8 cm³/mol. The van der Waals surface area contributed by atoms with Crippen molar-refractivity contribution in [2.45, 2.75) is 4.90 Å². The molecule has 1 aromatic rings. The molecule has 0 radical (unpaired) electrons. The van der Waals surface area contributed by atoms with E-state index in [0.29, 0.717) is 0 Å². The number of anilines is 1. The van der Waals surface area contributed by atoms with Gasteiger partial charge >= 0.3 is 0 Å². The minimum Gasteiger partial charge on any atom is -0.382 e. The fraction of sp³-hybridized carbons (Fsp3) is 0.100. The van der Waals surface area contributed by atoms with Crippen LogP contribution in [0.5, 0.6) is 0 Å². The van der Waals surface area contributed by atoms with Gasteiger partial charge in [-0.2, -0.15) is 10.4 Å². The van der Waals surface area contributed by atoms with Crippen molar-refractivity contribution >= 4 is 29.0 Å². The lowest BCUT2D eigenvalue weighted by atomic mass is 10.3. The van der Waals surface area contributed by atoms with Crippen LogP contribution in [0.2, 0.25) is 0 Å². The van der Waals surface area contributed by atoms with Crippen molar-refractivity contribution in [3.63, 3.8) is 0 Å². The van der Waals surface area contributed by atoms with Crippen LogP contribution >= 0.6 is 11.8 Å². The van der Waals surface area contributed by atoms with Gasteiger partial charge in [0.05, 0.1) is 5.69 Å². The molecule has 0 amide bonds. The Balaban J connectivity index is 2.81. The summed E-state index contributed by atoms with van der Waals surface area (Å²) >= 11 is 1.61.